The molecular formula is C28H31N2O2S2+. The van der Waals surface area contributed by atoms with Crippen molar-refractivity contribution in [1.82, 2.24) is 0 Å². The average molecular weight is 492 g/mol. The van der Waals surface area contributed by atoms with Crippen LogP contribution >= 0.6 is 23.1 Å². The Morgan fingerprint density at radius 2 is 1.88 bits per heavy atom. The first-order valence-corrected chi connectivity index (χ1v) is 13.8. The zero-order chi connectivity index (χ0) is 23.7. The summed E-state index contributed by atoms with van der Waals surface area (Å²) in [5.74, 6) is -0.0554. The lowest BCUT2D eigenvalue weighted by atomic mass is 9.75. The molecule has 2 heterocycles. The number of thiazole rings is 1. The summed E-state index contributed by atoms with van der Waals surface area (Å²) in [5, 5.41) is 2.25. The Morgan fingerprint density at radius 3 is 2.68 bits per heavy atom. The predicted molar refractivity (Wildman–Crippen MR) is 142 cm³/mol. The number of benzene rings is 2. The smallest absolute Gasteiger partial charge is 0.263 e. The third-order valence-corrected chi connectivity index (χ3v) is 8.77. The van der Waals surface area contributed by atoms with Crippen molar-refractivity contribution in [2.75, 3.05) is 18.1 Å². The van der Waals surface area contributed by atoms with Crippen LogP contribution in [0.2, 0.25) is 0 Å². The van der Waals surface area contributed by atoms with Crippen LogP contribution in [0.1, 0.15) is 38.6 Å². The molecule has 3 aromatic rings. The number of ketones is 1. The number of anilines is 1. The van der Waals surface area contributed by atoms with Crippen molar-refractivity contribution in [2.24, 2.45) is 5.92 Å². The molecule has 0 bridgehead atoms. The Hall–Kier alpha value is -2.41. The summed E-state index contributed by atoms with van der Waals surface area (Å²) in [6.45, 7) is 8.89. The van der Waals surface area contributed by atoms with Crippen LogP contribution in [0.15, 0.2) is 70.1 Å². The lowest BCUT2D eigenvalue weighted by Gasteiger charge is -2.36. The molecule has 2 unspecified atom stereocenters. The largest absolute Gasteiger partial charge is 0.372 e. The molecule has 0 saturated heterocycles. The molecule has 6 heteroatoms. The van der Waals surface area contributed by atoms with E-state index in [4.69, 9.17) is 4.74 Å². The Bertz CT molecular complexity index is 1280. The first-order valence-electron chi connectivity index (χ1n) is 12.2. The van der Waals surface area contributed by atoms with Crippen molar-refractivity contribution in [3.63, 3.8) is 0 Å². The van der Waals surface area contributed by atoms with Gasteiger partial charge in [-0.25, -0.2) is 0 Å². The fourth-order valence-electron chi connectivity index (χ4n) is 4.71. The Balaban J connectivity index is 1.47. The number of hydrogen-bond acceptors (Lipinski definition) is 5. The third kappa shape index (κ3) is 4.12. The molecule has 0 radical (unpaired) electrons. The van der Waals surface area contributed by atoms with Gasteiger partial charge in [-0.05, 0) is 44.5 Å². The monoisotopic (exact) mass is 491 g/mol. The van der Waals surface area contributed by atoms with Crippen LogP contribution in [0.3, 0.4) is 0 Å². The van der Waals surface area contributed by atoms with Gasteiger partial charge in [0.25, 0.3) is 5.01 Å². The summed E-state index contributed by atoms with van der Waals surface area (Å²) in [7, 11) is 0. The van der Waals surface area contributed by atoms with E-state index in [0.29, 0.717) is 6.61 Å². The number of nitrogens with zero attached hydrogens (tertiary/aromatic N) is 2. The average Bonchev–Trinajstić information content (AvgIpc) is 3.41. The van der Waals surface area contributed by atoms with Gasteiger partial charge in [0, 0.05) is 35.8 Å². The number of hydrogen-bond donors (Lipinski definition) is 0. The van der Waals surface area contributed by atoms with Gasteiger partial charge < -0.3 is 9.64 Å². The highest BCUT2D eigenvalue weighted by Crippen LogP contribution is 2.47. The van der Waals surface area contributed by atoms with E-state index in [1.54, 1.807) is 23.1 Å². The zero-order valence-electron chi connectivity index (χ0n) is 20.0. The maximum atomic E-state index is 13.5. The normalized spacial score (nSPS) is 22.1. The van der Waals surface area contributed by atoms with E-state index in [1.165, 1.54) is 20.8 Å². The van der Waals surface area contributed by atoms with E-state index < -0.39 is 0 Å². The number of aryl methyl sites for hydroxylation is 1. The van der Waals surface area contributed by atoms with Crippen molar-refractivity contribution in [1.29, 1.82) is 0 Å². The molecule has 2 aromatic carbocycles. The molecule has 0 N–H and O–H groups in total. The minimum absolute atomic E-state index is 0.182. The molecule has 176 valence electrons. The van der Waals surface area contributed by atoms with E-state index in [-0.39, 0.29) is 17.8 Å². The van der Waals surface area contributed by atoms with Crippen LogP contribution < -0.4 is 9.47 Å². The van der Waals surface area contributed by atoms with Crippen molar-refractivity contribution >= 4 is 50.9 Å². The number of carbonyl (C=O) groups is 1. The van der Waals surface area contributed by atoms with Crippen molar-refractivity contribution < 1.29 is 14.1 Å². The van der Waals surface area contributed by atoms with Crippen molar-refractivity contribution in [2.45, 2.75) is 51.2 Å². The van der Waals surface area contributed by atoms with Crippen LogP contribution in [-0.2, 0) is 16.1 Å². The highest BCUT2D eigenvalue weighted by molar-refractivity contribution is 8.03. The number of ether oxygens (including phenoxy) is 1. The first-order chi connectivity index (χ1) is 16.7. The molecule has 5 rings (SSSR count). The van der Waals surface area contributed by atoms with E-state index in [2.05, 4.69) is 90.9 Å². The standard InChI is InChI=1S/C28H31N2O2S2/c1-4-7-16-32-28-19(17-25-29(5-2)21-12-8-10-14-23(21)33-25)27(31)20(28)18-26-30(6-3)22-13-9-11-15-24(22)34-26/h8-15,17-19,28H,4-7,16H2,1-3H3/q+1/b20-18-,25-17-. The number of unbranched alkanes of at least 4 members (excludes halogenated alkanes) is 1. The van der Waals surface area contributed by atoms with Gasteiger partial charge in [0.1, 0.15) is 11.2 Å². The third-order valence-electron chi connectivity index (χ3n) is 6.52. The Kier molecular flexibility index (Phi) is 6.91. The number of fused-ring (bicyclic) bond motifs is 2. The molecule has 1 aromatic heterocycles. The number of thioether (sulfide) groups is 1. The molecule has 0 amide bonds. The maximum Gasteiger partial charge on any atom is 0.263 e. The second-order valence-electron chi connectivity index (χ2n) is 8.61. The van der Waals surface area contributed by atoms with Gasteiger partial charge in [-0.1, -0.05) is 60.7 Å². The summed E-state index contributed by atoms with van der Waals surface area (Å²) in [6.07, 6.45) is 6.11. The van der Waals surface area contributed by atoms with Gasteiger partial charge in [0.05, 0.1) is 22.7 Å². The lowest BCUT2D eigenvalue weighted by Crippen LogP contribution is -2.46. The molecular weight excluding hydrogens is 460 g/mol. The minimum atomic E-state index is -0.238. The van der Waals surface area contributed by atoms with Gasteiger partial charge in [-0.15, -0.1) is 0 Å². The second kappa shape index (κ2) is 10.1. The fraction of sp³-hybridized carbons (Fsp3) is 0.357. The molecule has 4 nitrogen and oxygen atoms in total. The summed E-state index contributed by atoms with van der Waals surface area (Å²) in [6, 6.07) is 16.9. The van der Waals surface area contributed by atoms with E-state index in [9.17, 15) is 4.79 Å². The maximum absolute atomic E-state index is 13.5. The first kappa shape index (κ1) is 23.3. The van der Waals surface area contributed by atoms with Crippen LogP contribution in [0.4, 0.5) is 5.69 Å². The van der Waals surface area contributed by atoms with Crippen molar-refractivity contribution in [3.8, 4) is 0 Å². The molecule has 2 atom stereocenters. The van der Waals surface area contributed by atoms with Crippen LogP contribution in [0.25, 0.3) is 16.3 Å². The van der Waals surface area contributed by atoms with Gasteiger partial charge >= 0.3 is 0 Å². The summed E-state index contributed by atoms with van der Waals surface area (Å²) >= 11 is 3.49. The van der Waals surface area contributed by atoms with Gasteiger partial charge in [-0.3, -0.25) is 4.79 Å². The highest BCUT2D eigenvalue weighted by atomic mass is 32.2. The lowest BCUT2D eigenvalue weighted by molar-refractivity contribution is -0.665. The highest BCUT2D eigenvalue weighted by Gasteiger charge is 2.46. The Morgan fingerprint density at radius 1 is 1.09 bits per heavy atom. The molecule has 1 aliphatic heterocycles. The quantitative estimate of drug-likeness (QED) is 0.206. The number of rotatable bonds is 8. The van der Waals surface area contributed by atoms with Crippen LogP contribution in [-0.4, -0.2) is 25.0 Å². The molecule has 2 aliphatic rings. The zero-order valence-corrected chi connectivity index (χ0v) is 21.6. The molecule has 1 fully saturated rings. The number of para-hydroxylation sites is 2. The second-order valence-corrected chi connectivity index (χ2v) is 10.7. The van der Waals surface area contributed by atoms with Crippen molar-refractivity contribution in [3.05, 3.63) is 70.2 Å². The summed E-state index contributed by atoms with van der Waals surface area (Å²) < 4.78 is 9.85. The SMILES string of the molecule is CCCCOC1/C(=C\c2sc3ccccc3[n+]2CC)C(=O)C1/C=C1\Sc2ccccc2N1CC. The number of Topliss-reactive ketones (excluding diaryl/α,β-unsaturated/α-hetero) is 1. The molecule has 1 saturated carbocycles. The minimum Gasteiger partial charge on any atom is -0.372 e. The summed E-state index contributed by atoms with van der Waals surface area (Å²) in [4.78, 5) is 17.0. The molecule has 0 spiro atoms. The van der Waals surface area contributed by atoms with Gasteiger partial charge in [0.2, 0.25) is 5.52 Å². The Labute approximate surface area is 209 Å². The number of aromatic nitrogens is 1. The predicted octanol–water partition coefficient (Wildman–Crippen LogP) is 6.45. The van der Waals surface area contributed by atoms with Gasteiger partial charge in [-0.2, -0.15) is 4.57 Å². The fourth-order valence-corrected chi connectivity index (χ4v) is 7.09. The van der Waals surface area contributed by atoms with Crippen LogP contribution in [0, 0.1) is 5.92 Å². The van der Waals surface area contributed by atoms with E-state index in [1.807, 2.05) is 0 Å². The van der Waals surface area contributed by atoms with Gasteiger partial charge in [0.15, 0.2) is 5.78 Å². The van der Waals surface area contributed by atoms with E-state index in [0.717, 1.165) is 41.5 Å². The summed E-state index contributed by atoms with van der Waals surface area (Å²) in [5.41, 5.74) is 3.24. The number of carbonyl (C=O) groups excluding carboxylic acids is 1. The molecule has 1 aliphatic carbocycles. The van der Waals surface area contributed by atoms with Crippen LogP contribution in [0.5, 0.6) is 0 Å². The van der Waals surface area contributed by atoms with E-state index >= 15 is 0 Å². The molecule has 34 heavy (non-hydrogen) atoms. The topological polar surface area (TPSA) is 33.4 Å².